The number of hydrogen-bond acceptors (Lipinski definition) is 8. The fraction of sp³-hybridized carbons (Fsp3) is 0.280. The molecule has 0 atom stereocenters. The number of nitrogens with one attached hydrogen (secondary N) is 1. The molecule has 190 valence electrons. The standard InChI is InChI=1S/C25H25IN2O7S/c1-4-15-6-8-17(9-7-15)27-21(29)13-28-24(31)20(36-25(28)32)12-16-10-18(26)23(19(11-16)33-3)35-14-22(30)34-5-2/h6-12H,4-5,13-14H2,1-3H3,(H,27,29)/b20-12+. The summed E-state index contributed by atoms with van der Waals surface area (Å²) in [7, 11) is 1.45. The minimum absolute atomic E-state index is 0.179. The maximum absolute atomic E-state index is 12.9. The van der Waals surface area contributed by atoms with E-state index in [2.05, 4.69) is 5.32 Å². The summed E-state index contributed by atoms with van der Waals surface area (Å²) in [5, 5.41) is 2.18. The van der Waals surface area contributed by atoms with Crippen LogP contribution in [0.5, 0.6) is 11.5 Å². The second kappa shape index (κ2) is 12.8. The number of aryl methyl sites for hydroxylation is 1. The van der Waals surface area contributed by atoms with Gasteiger partial charge < -0.3 is 19.5 Å². The summed E-state index contributed by atoms with van der Waals surface area (Å²) in [5.74, 6) is -0.819. The minimum Gasteiger partial charge on any atom is -0.493 e. The first-order chi connectivity index (χ1) is 17.2. The second-order valence-electron chi connectivity index (χ2n) is 7.49. The van der Waals surface area contributed by atoms with Crippen LogP contribution in [0.25, 0.3) is 6.08 Å². The molecule has 1 aliphatic rings. The first kappa shape index (κ1) is 27.5. The smallest absolute Gasteiger partial charge is 0.344 e. The molecule has 1 heterocycles. The zero-order valence-electron chi connectivity index (χ0n) is 20.0. The van der Waals surface area contributed by atoms with Crippen molar-refractivity contribution in [3.05, 3.63) is 56.0 Å². The lowest BCUT2D eigenvalue weighted by Gasteiger charge is -2.13. The third-order valence-electron chi connectivity index (χ3n) is 5.01. The molecule has 1 fully saturated rings. The fourth-order valence-corrected chi connectivity index (χ4v) is 4.87. The summed E-state index contributed by atoms with van der Waals surface area (Å²) in [5.41, 5.74) is 2.31. The molecule has 0 unspecified atom stereocenters. The first-order valence-corrected chi connectivity index (χ1v) is 12.9. The summed E-state index contributed by atoms with van der Waals surface area (Å²) in [4.78, 5) is 50.5. The quantitative estimate of drug-likeness (QED) is 0.234. The number of ether oxygens (including phenoxy) is 3. The Labute approximate surface area is 226 Å². The number of rotatable bonds is 10. The normalized spacial score (nSPS) is 14.2. The van der Waals surface area contributed by atoms with Crippen LogP contribution in [0.15, 0.2) is 41.3 Å². The number of anilines is 1. The van der Waals surface area contributed by atoms with E-state index < -0.39 is 23.0 Å². The molecule has 1 N–H and O–H groups in total. The van der Waals surface area contributed by atoms with E-state index in [-0.39, 0.29) is 24.7 Å². The van der Waals surface area contributed by atoms with Gasteiger partial charge in [-0.15, -0.1) is 0 Å². The molecule has 3 amide bonds. The van der Waals surface area contributed by atoms with Gasteiger partial charge in [0, 0.05) is 5.69 Å². The first-order valence-electron chi connectivity index (χ1n) is 11.1. The molecule has 36 heavy (non-hydrogen) atoms. The zero-order valence-corrected chi connectivity index (χ0v) is 22.9. The number of imide groups is 1. The molecule has 0 saturated carbocycles. The van der Waals surface area contributed by atoms with E-state index in [1.165, 1.54) is 7.11 Å². The van der Waals surface area contributed by atoms with Crippen molar-refractivity contribution >= 4 is 69.1 Å². The third kappa shape index (κ3) is 7.00. The van der Waals surface area contributed by atoms with Crippen LogP contribution in [0.1, 0.15) is 25.0 Å². The topological polar surface area (TPSA) is 111 Å². The van der Waals surface area contributed by atoms with Crippen molar-refractivity contribution in [3.63, 3.8) is 0 Å². The number of carbonyl (C=O) groups is 4. The second-order valence-corrected chi connectivity index (χ2v) is 9.65. The molecule has 11 heteroatoms. The third-order valence-corrected chi connectivity index (χ3v) is 6.72. The van der Waals surface area contributed by atoms with Crippen LogP contribution in [0.3, 0.4) is 0 Å². The molecule has 0 radical (unpaired) electrons. The average Bonchev–Trinajstić information content (AvgIpc) is 3.10. The van der Waals surface area contributed by atoms with E-state index in [1.807, 2.05) is 41.6 Å². The lowest BCUT2D eigenvalue weighted by atomic mass is 10.1. The monoisotopic (exact) mass is 624 g/mol. The van der Waals surface area contributed by atoms with Gasteiger partial charge in [-0.2, -0.15) is 0 Å². The zero-order chi connectivity index (χ0) is 26.2. The van der Waals surface area contributed by atoms with E-state index in [0.717, 1.165) is 28.6 Å². The molecule has 0 spiro atoms. The van der Waals surface area contributed by atoms with Crippen molar-refractivity contribution in [2.45, 2.75) is 20.3 Å². The SMILES string of the molecule is CCOC(=O)COc1c(I)cc(/C=C2/SC(=O)N(CC(=O)Nc3ccc(CC)cc3)C2=O)cc1OC. The van der Waals surface area contributed by atoms with Crippen molar-refractivity contribution in [2.24, 2.45) is 0 Å². The van der Waals surface area contributed by atoms with Gasteiger partial charge in [0.25, 0.3) is 11.1 Å². The molecule has 0 bridgehead atoms. The highest BCUT2D eigenvalue weighted by molar-refractivity contribution is 14.1. The molecule has 3 rings (SSSR count). The predicted octanol–water partition coefficient (Wildman–Crippen LogP) is 4.48. The Morgan fingerprint density at radius 3 is 2.50 bits per heavy atom. The molecule has 1 aliphatic heterocycles. The summed E-state index contributed by atoms with van der Waals surface area (Å²) < 4.78 is 16.4. The van der Waals surface area contributed by atoms with Gasteiger partial charge >= 0.3 is 5.97 Å². The summed E-state index contributed by atoms with van der Waals surface area (Å²) >= 11 is 2.78. The Kier molecular flexibility index (Phi) is 9.76. The molecule has 9 nitrogen and oxygen atoms in total. The van der Waals surface area contributed by atoms with Gasteiger partial charge in [-0.05, 0) is 89.2 Å². The van der Waals surface area contributed by atoms with E-state index in [0.29, 0.717) is 26.3 Å². The van der Waals surface area contributed by atoms with Crippen LogP contribution in [0, 0.1) is 3.57 Å². The minimum atomic E-state index is -0.557. The highest BCUT2D eigenvalue weighted by Gasteiger charge is 2.36. The molecule has 2 aromatic carbocycles. The van der Waals surface area contributed by atoms with Gasteiger partial charge in [-0.1, -0.05) is 19.1 Å². The summed E-state index contributed by atoms with van der Waals surface area (Å²) in [6.07, 6.45) is 2.43. The highest BCUT2D eigenvalue weighted by Crippen LogP contribution is 2.37. The van der Waals surface area contributed by atoms with E-state index in [1.54, 1.807) is 37.3 Å². The van der Waals surface area contributed by atoms with E-state index in [4.69, 9.17) is 14.2 Å². The van der Waals surface area contributed by atoms with E-state index in [9.17, 15) is 19.2 Å². The van der Waals surface area contributed by atoms with Crippen molar-refractivity contribution in [1.29, 1.82) is 0 Å². The Morgan fingerprint density at radius 2 is 1.86 bits per heavy atom. The Balaban J connectivity index is 1.70. The lowest BCUT2D eigenvalue weighted by molar-refractivity contribution is -0.145. The van der Waals surface area contributed by atoms with Gasteiger partial charge in [0.1, 0.15) is 6.54 Å². The van der Waals surface area contributed by atoms with Crippen LogP contribution in [0.2, 0.25) is 0 Å². The van der Waals surface area contributed by atoms with Crippen LogP contribution < -0.4 is 14.8 Å². The largest absolute Gasteiger partial charge is 0.493 e. The number of nitrogens with zero attached hydrogens (tertiary/aromatic N) is 1. The molecule has 0 aromatic heterocycles. The molecule has 2 aromatic rings. The number of thioether (sulfide) groups is 1. The van der Waals surface area contributed by atoms with Crippen molar-refractivity contribution < 1.29 is 33.4 Å². The van der Waals surface area contributed by atoms with Gasteiger partial charge in [-0.25, -0.2) is 4.79 Å². The van der Waals surface area contributed by atoms with Crippen LogP contribution in [-0.2, 0) is 25.5 Å². The molecule has 1 saturated heterocycles. The van der Waals surface area contributed by atoms with Gasteiger partial charge in [0.15, 0.2) is 18.1 Å². The maximum atomic E-state index is 12.9. The lowest BCUT2D eigenvalue weighted by Crippen LogP contribution is -2.36. The highest BCUT2D eigenvalue weighted by atomic mass is 127. The van der Waals surface area contributed by atoms with Gasteiger partial charge in [-0.3, -0.25) is 19.3 Å². The van der Waals surface area contributed by atoms with Crippen LogP contribution in [-0.4, -0.2) is 54.8 Å². The van der Waals surface area contributed by atoms with Crippen LogP contribution in [0.4, 0.5) is 10.5 Å². The number of methoxy groups -OCH3 is 1. The number of benzene rings is 2. The Bertz CT molecular complexity index is 1200. The van der Waals surface area contributed by atoms with Crippen LogP contribution >= 0.6 is 34.4 Å². The molecule has 0 aliphatic carbocycles. The van der Waals surface area contributed by atoms with Crippen molar-refractivity contribution in [3.8, 4) is 11.5 Å². The molecular weight excluding hydrogens is 599 g/mol. The number of amides is 3. The van der Waals surface area contributed by atoms with Gasteiger partial charge in [0.05, 0.1) is 22.2 Å². The van der Waals surface area contributed by atoms with Crippen molar-refractivity contribution in [2.75, 3.05) is 32.2 Å². The predicted molar refractivity (Wildman–Crippen MR) is 145 cm³/mol. The fourth-order valence-electron chi connectivity index (χ4n) is 3.25. The average molecular weight is 624 g/mol. The Hall–Kier alpha value is -3.06. The number of carbonyl (C=O) groups excluding carboxylic acids is 4. The summed E-state index contributed by atoms with van der Waals surface area (Å²) in [6.45, 7) is 3.32. The number of esters is 1. The number of halogens is 1. The Morgan fingerprint density at radius 1 is 1.14 bits per heavy atom. The van der Waals surface area contributed by atoms with Crippen molar-refractivity contribution in [1.82, 2.24) is 4.90 Å². The van der Waals surface area contributed by atoms with E-state index >= 15 is 0 Å². The molecular formula is C25H25IN2O7S. The number of hydrogen-bond donors (Lipinski definition) is 1. The maximum Gasteiger partial charge on any atom is 0.344 e. The summed E-state index contributed by atoms with van der Waals surface area (Å²) in [6, 6.07) is 10.7. The van der Waals surface area contributed by atoms with Gasteiger partial charge in [0.2, 0.25) is 5.91 Å².